The van der Waals surface area contributed by atoms with Crippen molar-refractivity contribution >= 4 is 17.5 Å². The Kier molecular flexibility index (Phi) is 4.69. The standard InChI is InChI=1S/C17H16ClN3O3/c1-3-23-20-17(22)15-10-14(16-8-7-11(2)24-16)19-21(15)13-6-4-5-12(18)9-13/h4-10H,3H2,1-2H3,(H,20,22). The Morgan fingerprint density at radius 3 is 2.83 bits per heavy atom. The van der Waals surface area contributed by atoms with Gasteiger partial charge in [0.1, 0.15) is 17.1 Å². The second-order valence-corrected chi connectivity index (χ2v) is 5.52. The Morgan fingerprint density at radius 1 is 1.33 bits per heavy atom. The number of furan rings is 1. The van der Waals surface area contributed by atoms with Crippen LogP contribution in [0.4, 0.5) is 0 Å². The van der Waals surface area contributed by atoms with E-state index in [9.17, 15) is 4.79 Å². The van der Waals surface area contributed by atoms with E-state index in [1.807, 2.05) is 25.1 Å². The molecule has 0 radical (unpaired) electrons. The summed E-state index contributed by atoms with van der Waals surface area (Å²) >= 11 is 6.05. The third-order valence-electron chi connectivity index (χ3n) is 3.30. The summed E-state index contributed by atoms with van der Waals surface area (Å²) in [7, 11) is 0. The van der Waals surface area contributed by atoms with Crippen LogP contribution in [0.15, 0.2) is 46.9 Å². The van der Waals surface area contributed by atoms with E-state index >= 15 is 0 Å². The highest BCUT2D eigenvalue weighted by Crippen LogP contribution is 2.24. The van der Waals surface area contributed by atoms with Crippen molar-refractivity contribution in [2.45, 2.75) is 13.8 Å². The number of nitrogens with zero attached hydrogens (tertiary/aromatic N) is 2. The minimum atomic E-state index is -0.404. The molecule has 124 valence electrons. The van der Waals surface area contributed by atoms with Crippen LogP contribution in [0.1, 0.15) is 23.2 Å². The summed E-state index contributed by atoms with van der Waals surface area (Å²) in [5.41, 5.74) is 3.91. The van der Waals surface area contributed by atoms with E-state index in [0.717, 1.165) is 5.76 Å². The van der Waals surface area contributed by atoms with Crippen LogP contribution in [0.2, 0.25) is 5.02 Å². The third kappa shape index (κ3) is 3.34. The summed E-state index contributed by atoms with van der Waals surface area (Å²) < 4.78 is 7.10. The molecule has 3 rings (SSSR count). The molecule has 1 N–H and O–H groups in total. The number of aryl methyl sites for hydroxylation is 1. The summed E-state index contributed by atoms with van der Waals surface area (Å²) in [6.07, 6.45) is 0. The van der Waals surface area contributed by atoms with Crippen molar-refractivity contribution in [2.75, 3.05) is 6.61 Å². The second-order valence-electron chi connectivity index (χ2n) is 5.08. The molecular formula is C17H16ClN3O3. The zero-order chi connectivity index (χ0) is 17.1. The molecule has 0 fully saturated rings. The second kappa shape index (κ2) is 6.90. The lowest BCUT2D eigenvalue weighted by molar-refractivity contribution is 0.0357. The van der Waals surface area contributed by atoms with Gasteiger partial charge in [-0.05, 0) is 44.2 Å². The lowest BCUT2D eigenvalue weighted by Gasteiger charge is -2.07. The third-order valence-corrected chi connectivity index (χ3v) is 3.53. The molecule has 0 unspecified atom stereocenters. The summed E-state index contributed by atoms with van der Waals surface area (Å²) in [6.45, 7) is 3.99. The van der Waals surface area contributed by atoms with Gasteiger partial charge >= 0.3 is 0 Å². The average Bonchev–Trinajstić information content (AvgIpc) is 3.19. The Balaban J connectivity index is 2.07. The van der Waals surface area contributed by atoms with E-state index in [2.05, 4.69) is 10.6 Å². The predicted octanol–water partition coefficient (Wildman–Crippen LogP) is 3.78. The van der Waals surface area contributed by atoms with Crippen LogP contribution < -0.4 is 5.48 Å². The van der Waals surface area contributed by atoms with Gasteiger partial charge in [-0.1, -0.05) is 17.7 Å². The predicted molar refractivity (Wildman–Crippen MR) is 90.1 cm³/mol. The van der Waals surface area contributed by atoms with Crippen LogP contribution in [0.25, 0.3) is 17.1 Å². The molecule has 1 amide bonds. The van der Waals surface area contributed by atoms with Crippen molar-refractivity contribution in [3.8, 4) is 17.1 Å². The number of aromatic nitrogens is 2. The smallest absolute Gasteiger partial charge is 0.293 e. The molecule has 7 heteroatoms. The normalized spacial score (nSPS) is 10.8. The quantitative estimate of drug-likeness (QED) is 0.714. The van der Waals surface area contributed by atoms with E-state index < -0.39 is 5.91 Å². The molecule has 2 aromatic heterocycles. The topological polar surface area (TPSA) is 69.3 Å². The van der Waals surface area contributed by atoms with Crippen molar-refractivity contribution < 1.29 is 14.0 Å². The number of benzene rings is 1. The number of hydrogen-bond acceptors (Lipinski definition) is 4. The minimum Gasteiger partial charge on any atom is -0.460 e. The number of carbonyl (C=O) groups excluding carboxylic acids is 1. The Hall–Kier alpha value is -2.57. The van der Waals surface area contributed by atoms with Gasteiger partial charge in [-0.3, -0.25) is 9.63 Å². The molecular weight excluding hydrogens is 330 g/mol. The van der Waals surface area contributed by atoms with Gasteiger partial charge in [0.2, 0.25) is 0 Å². The Morgan fingerprint density at radius 2 is 2.17 bits per heavy atom. The molecule has 1 aromatic carbocycles. The van der Waals surface area contributed by atoms with E-state index in [-0.39, 0.29) is 0 Å². The first kappa shape index (κ1) is 16.3. The molecule has 0 aliphatic carbocycles. The maximum absolute atomic E-state index is 12.4. The summed E-state index contributed by atoms with van der Waals surface area (Å²) in [6, 6.07) is 12.4. The highest BCUT2D eigenvalue weighted by molar-refractivity contribution is 6.30. The molecule has 0 bridgehead atoms. The van der Waals surface area contributed by atoms with E-state index in [0.29, 0.717) is 34.5 Å². The fraction of sp³-hybridized carbons (Fsp3) is 0.176. The molecule has 0 aliphatic rings. The molecule has 3 aromatic rings. The van der Waals surface area contributed by atoms with Gasteiger partial charge in [-0.2, -0.15) is 5.10 Å². The first-order valence-electron chi connectivity index (χ1n) is 7.43. The first-order chi connectivity index (χ1) is 11.6. The Labute approximate surface area is 143 Å². The SMILES string of the molecule is CCONC(=O)c1cc(-c2ccc(C)o2)nn1-c1cccc(Cl)c1. The number of carbonyl (C=O) groups is 1. The van der Waals surface area contributed by atoms with Gasteiger partial charge < -0.3 is 4.42 Å². The maximum Gasteiger partial charge on any atom is 0.293 e. The first-order valence-corrected chi connectivity index (χ1v) is 7.81. The zero-order valence-electron chi connectivity index (χ0n) is 13.2. The van der Waals surface area contributed by atoms with E-state index in [4.69, 9.17) is 20.9 Å². The zero-order valence-corrected chi connectivity index (χ0v) is 14.0. The molecule has 6 nitrogen and oxygen atoms in total. The summed E-state index contributed by atoms with van der Waals surface area (Å²) in [4.78, 5) is 17.4. The number of amides is 1. The largest absolute Gasteiger partial charge is 0.460 e. The van der Waals surface area contributed by atoms with Crippen LogP contribution in [0.5, 0.6) is 0 Å². The maximum atomic E-state index is 12.4. The van der Waals surface area contributed by atoms with Crippen molar-refractivity contribution in [3.05, 3.63) is 58.9 Å². The number of hydrogen-bond donors (Lipinski definition) is 1. The number of halogens is 1. The van der Waals surface area contributed by atoms with Crippen molar-refractivity contribution in [2.24, 2.45) is 0 Å². The number of hydroxylamine groups is 1. The van der Waals surface area contributed by atoms with E-state index in [1.165, 1.54) is 4.68 Å². The van der Waals surface area contributed by atoms with Crippen LogP contribution in [-0.2, 0) is 4.84 Å². The van der Waals surface area contributed by atoms with Crippen molar-refractivity contribution in [1.82, 2.24) is 15.3 Å². The fourth-order valence-electron chi connectivity index (χ4n) is 2.23. The lowest BCUT2D eigenvalue weighted by atomic mass is 10.3. The highest BCUT2D eigenvalue weighted by atomic mass is 35.5. The van der Waals surface area contributed by atoms with E-state index in [1.54, 1.807) is 31.2 Å². The van der Waals surface area contributed by atoms with Gasteiger partial charge in [0.25, 0.3) is 5.91 Å². The number of rotatable bonds is 5. The van der Waals surface area contributed by atoms with Crippen LogP contribution >= 0.6 is 11.6 Å². The highest BCUT2D eigenvalue weighted by Gasteiger charge is 2.19. The molecule has 0 saturated heterocycles. The van der Waals surface area contributed by atoms with Gasteiger partial charge in [0, 0.05) is 11.1 Å². The van der Waals surface area contributed by atoms with Crippen molar-refractivity contribution in [1.29, 1.82) is 0 Å². The van der Waals surface area contributed by atoms with Gasteiger partial charge in [0.15, 0.2) is 5.76 Å². The average molecular weight is 346 g/mol. The molecule has 2 heterocycles. The summed E-state index contributed by atoms with van der Waals surface area (Å²) in [5, 5.41) is 5.03. The molecule has 0 spiro atoms. The van der Waals surface area contributed by atoms with Gasteiger partial charge in [-0.25, -0.2) is 10.2 Å². The van der Waals surface area contributed by atoms with Crippen LogP contribution in [-0.4, -0.2) is 22.3 Å². The molecule has 0 atom stereocenters. The lowest BCUT2D eigenvalue weighted by Crippen LogP contribution is -2.26. The Bertz CT molecular complexity index is 870. The summed E-state index contributed by atoms with van der Waals surface area (Å²) in [5.74, 6) is 0.945. The molecule has 0 aliphatic heterocycles. The molecule has 24 heavy (non-hydrogen) atoms. The fourth-order valence-corrected chi connectivity index (χ4v) is 2.41. The van der Waals surface area contributed by atoms with Gasteiger partial charge in [0.05, 0.1) is 12.3 Å². The monoisotopic (exact) mass is 345 g/mol. The van der Waals surface area contributed by atoms with Crippen LogP contribution in [0, 0.1) is 6.92 Å². The van der Waals surface area contributed by atoms with Crippen molar-refractivity contribution in [3.63, 3.8) is 0 Å². The number of nitrogens with one attached hydrogen (secondary N) is 1. The van der Waals surface area contributed by atoms with Gasteiger partial charge in [-0.15, -0.1) is 0 Å². The minimum absolute atomic E-state index is 0.315. The molecule has 0 saturated carbocycles. The van der Waals surface area contributed by atoms with Crippen LogP contribution in [0.3, 0.4) is 0 Å².